The molecule has 0 amide bonds. The van der Waals surface area contributed by atoms with Crippen molar-refractivity contribution in [1.82, 2.24) is 5.32 Å². The predicted octanol–water partition coefficient (Wildman–Crippen LogP) is 2.16. The molecule has 3 nitrogen and oxygen atoms in total. The van der Waals surface area contributed by atoms with Crippen LogP contribution in [0.4, 0.5) is 0 Å². The largest absolute Gasteiger partial charge is 0.508 e. The summed E-state index contributed by atoms with van der Waals surface area (Å²) in [6, 6.07) is 6.61. The summed E-state index contributed by atoms with van der Waals surface area (Å²) in [5, 5.41) is 13.6. The van der Waals surface area contributed by atoms with Crippen LogP contribution in [-0.4, -0.2) is 23.0 Å². The summed E-state index contributed by atoms with van der Waals surface area (Å²) < 4.78 is 0. The van der Waals surface area contributed by atoms with Crippen LogP contribution in [0.25, 0.3) is 0 Å². The SMILES string of the molecule is CC(=O)C1CC2C3Cc4ccc(O)cc4C2(C)CC1N3. The van der Waals surface area contributed by atoms with E-state index < -0.39 is 0 Å². The van der Waals surface area contributed by atoms with Crippen LogP contribution in [0.3, 0.4) is 0 Å². The first-order valence-corrected chi connectivity index (χ1v) is 7.58. The molecule has 20 heavy (non-hydrogen) atoms. The van der Waals surface area contributed by atoms with E-state index in [1.807, 2.05) is 6.07 Å². The molecule has 106 valence electrons. The van der Waals surface area contributed by atoms with Gasteiger partial charge in [-0.15, -0.1) is 0 Å². The maximum absolute atomic E-state index is 11.8. The van der Waals surface area contributed by atoms with Gasteiger partial charge in [-0.05, 0) is 60.8 Å². The Kier molecular flexibility index (Phi) is 2.39. The highest BCUT2D eigenvalue weighted by Gasteiger charge is 2.57. The number of aromatic hydroxyl groups is 1. The van der Waals surface area contributed by atoms with E-state index in [0.717, 1.165) is 19.3 Å². The van der Waals surface area contributed by atoms with E-state index in [2.05, 4.69) is 18.3 Å². The van der Waals surface area contributed by atoms with Gasteiger partial charge >= 0.3 is 0 Å². The molecular weight excluding hydrogens is 250 g/mol. The third-order valence-electron chi connectivity index (χ3n) is 6.04. The van der Waals surface area contributed by atoms with Crippen molar-refractivity contribution in [3.05, 3.63) is 29.3 Å². The highest BCUT2D eigenvalue weighted by Crippen LogP contribution is 2.55. The molecule has 4 aliphatic rings. The van der Waals surface area contributed by atoms with Crippen molar-refractivity contribution in [2.75, 3.05) is 0 Å². The number of piperidine rings is 2. The molecule has 1 aromatic rings. The number of hydrogen-bond donors (Lipinski definition) is 2. The molecule has 5 unspecified atom stereocenters. The number of phenols is 1. The Morgan fingerprint density at radius 2 is 2.20 bits per heavy atom. The molecular formula is C17H21NO2. The number of phenolic OH excluding ortho intramolecular Hbond substituents is 1. The van der Waals surface area contributed by atoms with Crippen molar-refractivity contribution in [2.24, 2.45) is 11.8 Å². The Hall–Kier alpha value is -1.35. The second kappa shape index (κ2) is 3.85. The summed E-state index contributed by atoms with van der Waals surface area (Å²) in [7, 11) is 0. The van der Waals surface area contributed by atoms with Gasteiger partial charge < -0.3 is 10.4 Å². The number of ketones is 1. The zero-order chi connectivity index (χ0) is 14.1. The first-order valence-electron chi connectivity index (χ1n) is 7.58. The fourth-order valence-corrected chi connectivity index (χ4v) is 5.09. The van der Waals surface area contributed by atoms with Gasteiger partial charge in [-0.25, -0.2) is 0 Å². The van der Waals surface area contributed by atoms with Gasteiger partial charge in [-0.3, -0.25) is 4.79 Å². The normalized spacial score (nSPS) is 41.3. The van der Waals surface area contributed by atoms with Crippen molar-refractivity contribution >= 4 is 5.78 Å². The summed E-state index contributed by atoms with van der Waals surface area (Å²) >= 11 is 0. The quantitative estimate of drug-likeness (QED) is 0.823. The molecule has 2 aliphatic carbocycles. The van der Waals surface area contributed by atoms with E-state index in [4.69, 9.17) is 0 Å². The van der Waals surface area contributed by atoms with Crippen LogP contribution >= 0.6 is 0 Å². The van der Waals surface area contributed by atoms with E-state index in [-0.39, 0.29) is 11.3 Å². The number of fused-ring (bicyclic) bond motifs is 2. The van der Waals surface area contributed by atoms with Crippen molar-refractivity contribution in [3.63, 3.8) is 0 Å². The molecule has 0 spiro atoms. The third-order valence-corrected chi connectivity index (χ3v) is 6.04. The number of hydrogen-bond acceptors (Lipinski definition) is 3. The Morgan fingerprint density at radius 3 is 2.90 bits per heavy atom. The van der Waals surface area contributed by atoms with Gasteiger partial charge in [0.05, 0.1) is 0 Å². The summed E-state index contributed by atoms with van der Waals surface area (Å²) in [4.78, 5) is 11.8. The van der Waals surface area contributed by atoms with Gasteiger partial charge in [-0.2, -0.15) is 0 Å². The lowest BCUT2D eigenvalue weighted by atomic mass is 9.50. The lowest BCUT2D eigenvalue weighted by molar-refractivity contribution is -0.127. The molecule has 4 bridgehead atoms. The molecule has 0 aromatic heterocycles. The maximum atomic E-state index is 11.8. The van der Waals surface area contributed by atoms with Gasteiger partial charge in [-0.1, -0.05) is 13.0 Å². The summed E-state index contributed by atoms with van der Waals surface area (Å²) in [6.07, 6.45) is 3.04. The second-order valence-corrected chi connectivity index (χ2v) is 7.11. The fourth-order valence-electron chi connectivity index (χ4n) is 5.09. The van der Waals surface area contributed by atoms with Crippen molar-refractivity contribution < 1.29 is 9.90 Å². The lowest BCUT2D eigenvalue weighted by Crippen LogP contribution is -2.68. The second-order valence-electron chi connectivity index (χ2n) is 7.11. The Labute approximate surface area is 119 Å². The smallest absolute Gasteiger partial charge is 0.134 e. The molecule has 2 N–H and O–H groups in total. The van der Waals surface area contributed by atoms with E-state index in [1.165, 1.54) is 11.1 Å². The number of rotatable bonds is 1. The van der Waals surface area contributed by atoms with E-state index in [0.29, 0.717) is 29.5 Å². The number of nitrogens with one attached hydrogen (secondary N) is 1. The van der Waals surface area contributed by atoms with Crippen LogP contribution < -0.4 is 5.32 Å². The van der Waals surface area contributed by atoms with Crippen molar-refractivity contribution in [2.45, 2.75) is 50.6 Å². The summed E-state index contributed by atoms with van der Waals surface area (Å²) in [5.74, 6) is 1.38. The van der Waals surface area contributed by atoms with Crippen LogP contribution in [0, 0.1) is 11.8 Å². The average molecular weight is 271 g/mol. The van der Waals surface area contributed by atoms with Gasteiger partial charge in [0, 0.05) is 18.0 Å². The highest BCUT2D eigenvalue weighted by atomic mass is 16.3. The first kappa shape index (κ1) is 12.4. The Bertz CT molecular complexity index is 597. The maximum Gasteiger partial charge on any atom is 0.134 e. The zero-order valence-corrected chi connectivity index (χ0v) is 12.0. The topological polar surface area (TPSA) is 49.3 Å². The van der Waals surface area contributed by atoms with Crippen LogP contribution in [0.15, 0.2) is 18.2 Å². The lowest BCUT2D eigenvalue weighted by Gasteiger charge is -2.60. The summed E-state index contributed by atoms with van der Waals surface area (Å²) in [6.45, 7) is 4.05. The minimum Gasteiger partial charge on any atom is -0.508 e. The molecule has 5 rings (SSSR count). The number of carbonyl (C=O) groups excluding carboxylic acids is 1. The van der Waals surface area contributed by atoms with E-state index >= 15 is 0 Å². The van der Waals surface area contributed by atoms with Crippen LogP contribution in [0.5, 0.6) is 5.75 Å². The molecule has 1 saturated carbocycles. The third kappa shape index (κ3) is 1.47. The first-order chi connectivity index (χ1) is 9.49. The number of benzene rings is 1. The predicted molar refractivity (Wildman–Crippen MR) is 76.8 cm³/mol. The summed E-state index contributed by atoms with van der Waals surface area (Å²) in [5.41, 5.74) is 2.78. The molecule has 2 aliphatic heterocycles. The van der Waals surface area contributed by atoms with Crippen molar-refractivity contribution in [1.29, 1.82) is 0 Å². The number of Topliss-reactive ketones (excluding diaryl/α,β-unsaturated/α-hetero) is 1. The van der Waals surface area contributed by atoms with Gasteiger partial charge in [0.2, 0.25) is 0 Å². The van der Waals surface area contributed by atoms with Crippen LogP contribution in [0.2, 0.25) is 0 Å². The molecule has 2 saturated heterocycles. The van der Waals surface area contributed by atoms with Gasteiger partial charge in [0.1, 0.15) is 11.5 Å². The molecule has 3 heteroatoms. The molecule has 3 fully saturated rings. The molecule has 5 atom stereocenters. The minimum absolute atomic E-state index is 0.110. The van der Waals surface area contributed by atoms with E-state index in [1.54, 1.807) is 13.0 Å². The molecule has 1 aromatic carbocycles. The van der Waals surface area contributed by atoms with E-state index in [9.17, 15) is 9.90 Å². The minimum atomic E-state index is 0.110. The van der Waals surface area contributed by atoms with Crippen molar-refractivity contribution in [3.8, 4) is 5.75 Å². The Morgan fingerprint density at radius 1 is 1.40 bits per heavy atom. The standard InChI is InChI=1S/C17H21NO2/c1-9(19)12-7-14-15-5-10-3-4-11(20)6-13(10)17(14,2)8-16(12)18-15/h3-4,6,12,14-16,18,20H,5,7-8H2,1-2H3. The molecule has 0 radical (unpaired) electrons. The zero-order valence-electron chi connectivity index (χ0n) is 12.0. The highest BCUT2D eigenvalue weighted by molar-refractivity contribution is 5.79. The van der Waals surface area contributed by atoms with Crippen LogP contribution in [0.1, 0.15) is 37.8 Å². The van der Waals surface area contributed by atoms with Gasteiger partial charge in [0.25, 0.3) is 0 Å². The van der Waals surface area contributed by atoms with Crippen LogP contribution in [-0.2, 0) is 16.6 Å². The molecule has 2 heterocycles. The average Bonchev–Trinajstić information content (AvgIpc) is 2.39. The number of carbonyl (C=O) groups is 1. The monoisotopic (exact) mass is 271 g/mol. The Balaban J connectivity index is 1.81. The fraction of sp³-hybridized carbons (Fsp3) is 0.588. The van der Waals surface area contributed by atoms with Gasteiger partial charge in [0.15, 0.2) is 0 Å².